The van der Waals surface area contributed by atoms with Gasteiger partial charge in [-0.1, -0.05) is 113 Å². The van der Waals surface area contributed by atoms with Gasteiger partial charge in [0.05, 0.1) is 11.0 Å². The highest BCUT2D eigenvalue weighted by molar-refractivity contribution is 6.99. The Morgan fingerprint density at radius 3 is 1.47 bits per heavy atom. The second-order valence-electron chi connectivity index (χ2n) is 8.57. The Labute approximate surface area is 187 Å². The van der Waals surface area contributed by atoms with Gasteiger partial charge in [0, 0.05) is 16.5 Å². The molecule has 6 aromatic rings. The lowest BCUT2D eigenvalue weighted by molar-refractivity contribution is 1.18. The molecule has 1 nitrogen and oxygen atoms in total. The lowest BCUT2D eigenvalue weighted by Crippen LogP contribution is -2.48. The van der Waals surface area contributed by atoms with Crippen LogP contribution in [-0.2, 0) is 0 Å². The summed E-state index contributed by atoms with van der Waals surface area (Å²) in [7, 11) is 0. The Bertz CT molecular complexity index is 1530. The molecule has 0 amide bonds. The maximum Gasteiger partial charge on any atom is 0.242 e. The van der Waals surface area contributed by atoms with Crippen molar-refractivity contribution in [2.24, 2.45) is 0 Å². The molecular weight excluding hydrogens is 385 g/mol. The second kappa shape index (κ2) is 6.73. The molecule has 0 bridgehead atoms. The number of aromatic nitrogens is 1. The minimum Gasteiger partial charge on any atom is -0.309 e. The molecule has 0 saturated carbocycles. The largest absolute Gasteiger partial charge is 0.309 e. The van der Waals surface area contributed by atoms with Gasteiger partial charge in [-0.25, -0.2) is 0 Å². The zero-order valence-corrected chi connectivity index (χ0v) is 17.6. The third kappa shape index (κ3) is 2.41. The van der Waals surface area contributed by atoms with Gasteiger partial charge in [0.15, 0.2) is 0 Å². The summed E-state index contributed by atoms with van der Waals surface area (Å²) in [6.07, 6.45) is 0. The first kappa shape index (κ1) is 17.6. The number of hydrogen-bond donors (Lipinski definition) is 0. The van der Waals surface area contributed by atoms with Crippen LogP contribution >= 0.6 is 0 Å². The first-order valence-corrected chi connectivity index (χ1v) is 11.2. The molecule has 0 unspecified atom stereocenters. The summed E-state index contributed by atoms with van der Waals surface area (Å²) in [5, 5.41) is 2.59. The van der Waals surface area contributed by atoms with Crippen LogP contribution in [0.15, 0.2) is 121 Å². The van der Waals surface area contributed by atoms with Crippen molar-refractivity contribution in [1.82, 2.24) is 4.57 Å². The molecule has 1 aromatic heterocycles. The molecule has 0 aliphatic carbocycles. The molecule has 32 heavy (non-hydrogen) atoms. The minimum absolute atomic E-state index is 0.287. The monoisotopic (exact) mass is 405 g/mol. The predicted octanol–water partition coefficient (Wildman–Crippen LogP) is 5.28. The van der Waals surface area contributed by atoms with Crippen molar-refractivity contribution in [3.8, 4) is 16.8 Å². The third-order valence-electron chi connectivity index (χ3n) is 6.90. The molecule has 0 atom stereocenters. The van der Waals surface area contributed by atoms with Gasteiger partial charge < -0.3 is 4.57 Å². The van der Waals surface area contributed by atoms with E-state index in [9.17, 15) is 0 Å². The summed E-state index contributed by atoms with van der Waals surface area (Å²) in [4.78, 5) is 0. The van der Waals surface area contributed by atoms with Crippen molar-refractivity contribution < 1.29 is 0 Å². The van der Waals surface area contributed by atoms with Gasteiger partial charge in [-0.05, 0) is 35.4 Å². The van der Waals surface area contributed by atoms with E-state index in [0.717, 1.165) is 0 Å². The predicted molar refractivity (Wildman–Crippen MR) is 137 cm³/mol. The van der Waals surface area contributed by atoms with Gasteiger partial charge in [-0.3, -0.25) is 0 Å². The summed E-state index contributed by atoms with van der Waals surface area (Å²) >= 11 is 0. The Kier molecular flexibility index (Phi) is 3.71. The van der Waals surface area contributed by atoms with Gasteiger partial charge in [0.1, 0.15) is 0 Å². The maximum absolute atomic E-state index is 2.38. The van der Waals surface area contributed by atoms with Gasteiger partial charge >= 0.3 is 0 Å². The Morgan fingerprint density at radius 1 is 0.438 bits per heavy atom. The van der Waals surface area contributed by atoms with E-state index in [1.807, 2.05) is 0 Å². The molecule has 0 fully saturated rings. The highest BCUT2D eigenvalue weighted by Crippen LogP contribution is 2.31. The fourth-order valence-corrected chi connectivity index (χ4v) is 5.53. The van der Waals surface area contributed by atoms with E-state index in [0.29, 0.717) is 0 Å². The van der Waals surface area contributed by atoms with Crippen LogP contribution in [0.25, 0.3) is 38.6 Å². The van der Waals surface area contributed by atoms with E-state index < -0.39 is 0 Å². The molecule has 7 rings (SSSR count). The van der Waals surface area contributed by atoms with E-state index in [2.05, 4.69) is 126 Å². The number of nitrogens with zero attached hydrogens (tertiary/aromatic N) is 1. The number of rotatable bonds is 2. The summed E-state index contributed by atoms with van der Waals surface area (Å²) in [5.74, 6) is 0. The van der Waals surface area contributed by atoms with Crippen molar-refractivity contribution >= 4 is 44.9 Å². The topological polar surface area (TPSA) is 4.93 Å². The summed E-state index contributed by atoms with van der Waals surface area (Å²) in [6.45, 7) is 0.287. The standard InChI is InChI=1S/C30H20BN/c1-5-13-27-23(9-1)24-10-2-6-14-28(24)31(27)21-17-19-22(20-18-21)32-29-15-7-3-11-25(29)26-12-4-8-16-30(26)32/h1-20H. The average Bonchev–Trinajstić information content (AvgIpc) is 3.38. The quantitative estimate of drug-likeness (QED) is 0.345. The van der Waals surface area contributed by atoms with E-state index in [4.69, 9.17) is 0 Å². The van der Waals surface area contributed by atoms with Crippen LogP contribution in [0.4, 0.5) is 0 Å². The highest BCUT2D eigenvalue weighted by atomic mass is 15.0. The Hall–Kier alpha value is -4.04. The lowest BCUT2D eigenvalue weighted by atomic mass is 9.39. The van der Waals surface area contributed by atoms with Gasteiger partial charge in [0.2, 0.25) is 6.71 Å². The summed E-state index contributed by atoms with van der Waals surface area (Å²) < 4.78 is 2.38. The third-order valence-corrected chi connectivity index (χ3v) is 6.90. The zero-order valence-electron chi connectivity index (χ0n) is 17.6. The normalized spacial score (nSPS) is 12.3. The summed E-state index contributed by atoms with van der Waals surface area (Å²) in [5.41, 5.74) is 10.6. The first-order chi connectivity index (χ1) is 15.9. The van der Waals surface area contributed by atoms with E-state index >= 15 is 0 Å². The van der Waals surface area contributed by atoms with Gasteiger partial charge in [0.25, 0.3) is 0 Å². The van der Waals surface area contributed by atoms with Crippen LogP contribution in [-0.4, -0.2) is 11.3 Å². The maximum atomic E-state index is 2.38. The zero-order chi connectivity index (χ0) is 21.1. The smallest absolute Gasteiger partial charge is 0.242 e. The Balaban J connectivity index is 1.40. The highest BCUT2D eigenvalue weighted by Gasteiger charge is 2.32. The molecule has 0 N–H and O–H groups in total. The molecule has 1 aliphatic heterocycles. The van der Waals surface area contributed by atoms with Crippen LogP contribution < -0.4 is 16.4 Å². The fourth-order valence-electron chi connectivity index (χ4n) is 5.53. The number of benzene rings is 5. The van der Waals surface area contributed by atoms with Crippen LogP contribution in [0, 0.1) is 0 Å². The molecule has 2 heteroatoms. The van der Waals surface area contributed by atoms with Crippen molar-refractivity contribution in [1.29, 1.82) is 0 Å². The van der Waals surface area contributed by atoms with E-state index in [1.165, 1.54) is 55.0 Å². The lowest BCUT2D eigenvalue weighted by Gasteiger charge is -2.13. The first-order valence-electron chi connectivity index (χ1n) is 11.2. The molecule has 148 valence electrons. The van der Waals surface area contributed by atoms with E-state index in [-0.39, 0.29) is 6.71 Å². The van der Waals surface area contributed by atoms with Crippen molar-refractivity contribution in [2.45, 2.75) is 0 Å². The molecule has 2 heterocycles. The van der Waals surface area contributed by atoms with Crippen LogP contribution in [0.1, 0.15) is 0 Å². The van der Waals surface area contributed by atoms with E-state index in [1.54, 1.807) is 0 Å². The van der Waals surface area contributed by atoms with Crippen LogP contribution in [0.3, 0.4) is 0 Å². The van der Waals surface area contributed by atoms with Gasteiger partial charge in [-0.2, -0.15) is 0 Å². The summed E-state index contributed by atoms with van der Waals surface area (Å²) in [6, 6.07) is 44.2. The molecule has 1 aliphatic rings. The van der Waals surface area contributed by atoms with Crippen LogP contribution in [0.2, 0.25) is 0 Å². The molecule has 0 spiro atoms. The number of para-hydroxylation sites is 2. The minimum atomic E-state index is 0.287. The van der Waals surface area contributed by atoms with Crippen LogP contribution in [0.5, 0.6) is 0 Å². The molecule has 0 saturated heterocycles. The second-order valence-corrected chi connectivity index (χ2v) is 8.57. The van der Waals surface area contributed by atoms with Crippen molar-refractivity contribution in [3.05, 3.63) is 121 Å². The van der Waals surface area contributed by atoms with Gasteiger partial charge in [-0.15, -0.1) is 0 Å². The molecular formula is C30H20BN. The number of hydrogen-bond acceptors (Lipinski definition) is 0. The number of fused-ring (bicyclic) bond motifs is 6. The fraction of sp³-hybridized carbons (Fsp3) is 0. The van der Waals surface area contributed by atoms with Crippen molar-refractivity contribution in [2.75, 3.05) is 0 Å². The van der Waals surface area contributed by atoms with Crippen molar-refractivity contribution in [3.63, 3.8) is 0 Å². The molecule has 5 aromatic carbocycles. The Morgan fingerprint density at radius 2 is 0.906 bits per heavy atom. The SMILES string of the molecule is c1ccc2c(c1)B(c1ccc(-n3c4ccccc4c4ccccc43)cc1)c1ccccc1-2. The average molecular weight is 405 g/mol. The molecule has 0 radical (unpaired) electrons.